The molecule has 118 valence electrons. The average molecular weight is 311 g/mol. The number of primary amides is 1. The number of carbonyl (C=O) groups excluding carboxylic acids is 2. The first kappa shape index (κ1) is 15.0. The smallest absolute Gasteiger partial charge is 0.246 e. The fraction of sp³-hybridized carbons (Fsp3) is 0.250. The Morgan fingerprint density at radius 2 is 2.04 bits per heavy atom. The van der Waals surface area contributed by atoms with Crippen molar-refractivity contribution >= 4 is 17.9 Å². The predicted molar refractivity (Wildman–Crippen MR) is 84.3 cm³/mol. The van der Waals surface area contributed by atoms with Crippen LogP contribution < -0.4 is 5.73 Å². The number of carbonyl (C=O) groups is 2. The van der Waals surface area contributed by atoms with E-state index in [-0.39, 0.29) is 17.7 Å². The summed E-state index contributed by atoms with van der Waals surface area (Å²) in [5, 5.41) is 8.46. The minimum absolute atomic E-state index is 0.150. The fourth-order valence-corrected chi connectivity index (χ4v) is 2.49. The van der Waals surface area contributed by atoms with Gasteiger partial charge in [-0.1, -0.05) is 18.2 Å². The summed E-state index contributed by atoms with van der Waals surface area (Å²) >= 11 is 0. The van der Waals surface area contributed by atoms with Gasteiger partial charge in [0.15, 0.2) is 0 Å². The summed E-state index contributed by atoms with van der Waals surface area (Å²) < 4.78 is 0. The summed E-state index contributed by atoms with van der Waals surface area (Å²) in [6.45, 7) is 0.933. The first-order valence-corrected chi connectivity index (χ1v) is 7.37. The summed E-state index contributed by atoms with van der Waals surface area (Å²) in [6.07, 6.45) is 5.28. The Morgan fingerprint density at radius 1 is 1.26 bits per heavy atom. The Bertz CT molecular complexity index is 738. The van der Waals surface area contributed by atoms with Gasteiger partial charge >= 0.3 is 0 Å². The molecule has 1 aromatic carbocycles. The second-order valence-corrected chi connectivity index (χ2v) is 5.40. The van der Waals surface area contributed by atoms with E-state index >= 15 is 0 Å². The molecule has 2 heterocycles. The number of aromatic nitrogens is 3. The van der Waals surface area contributed by atoms with E-state index in [4.69, 9.17) is 5.73 Å². The number of nitrogens with zero attached hydrogens (tertiary/aromatic N) is 4. The summed E-state index contributed by atoms with van der Waals surface area (Å²) in [6, 6.07) is 9.52. The summed E-state index contributed by atoms with van der Waals surface area (Å²) in [7, 11) is 0. The minimum atomic E-state index is -0.352. The number of para-hydroxylation sites is 1. The van der Waals surface area contributed by atoms with Gasteiger partial charge in [0.2, 0.25) is 11.8 Å². The van der Waals surface area contributed by atoms with Crippen molar-refractivity contribution in [3.8, 4) is 5.69 Å². The molecule has 23 heavy (non-hydrogen) atoms. The molecule has 1 aliphatic rings. The molecule has 1 unspecified atom stereocenters. The van der Waals surface area contributed by atoms with Crippen LogP contribution in [-0.4, -0.2) is 44.8 Å². The molecule has 2 aromatic rings. The van der Waals surface area contributed by atoms with E-state index in [0.717, 1.165) is 5.69 Å². The molecular weight excluding hydrogens is 294 g/mol. The summed E-state index contributed by atoms with van der Waals surface area (Å²) in [5.74, 6) is -0.746. The molecule has 1 aromatic heterocycles. The number of benzene rings is 1. The van der Waals surface area contributed by atoms with Crippen LogP contribution in [0, 0.1) is 5.92 Å². The van der Waals surface area contributed by atoms with Gasteiger partial charge < -0.3 is 10.6 Å². The van der Waals surface area contributed by atoms with Gasteiger partial charge in [-0.25, -0.2) is 0 Å². The zero-order valence-electron chi connectivity index (χ0n) is 12.5. The highest BCUT2D eigenvalue weighted by atomic mass is 16.2. The minimum Gasteiger partial charge on any atom is -0.369 e. The average Bonchev–Trinajstić information content (AvgIpc) is 3.23. The van der Waals surface area contributed by atoms with Crippen molar-refractivity contribution in [2.45, 2.75) is 6.42 Å². The normalized spacial score (nSPS) is 17.7. The van der Waals surface area contributed by atoms with E-state index < -0.39 is 0 Å². The van der Waals surface area contributed by atoms with E-state index in [1.54, 1.807) is 17.2 Å². The van der Waals surface area contributed by atoms with Crippen LogP contribution in [0.1, 0.15) is 12.1 Å². The van der Waals surface area contributed by atoms with Crippen LogP contribution in [0.3, 0.4) is 0 Å². The Balaban J connectivity index is 1.63. The molecule has 2 amide bonds. The molecule has 1 fully saturated rings. The molecule has 7 nitrogen and oxygen atoms in total. The molecular formula is C16H17N5O2. The monoisotopic (exact) mass is 311 g/mol. The lowest BCUT2D eigenvalue weighted by molar-refractivity contribution is -0.125. The number of nitrogens with two attached hydrogens (primary N) is 1. The zero-order valence-corrected chi connectivity index (χ0v) is 12.5. The van der Waals surface area contributed by atoms with Gasteiger partial charge in [-0.05, 0) is 24.6 Å². The quantitative estimate of drug-likeness (QED) is 0.837. The second kappa shape index (κ2) is 6.43. The van der Waals surface area contributed by atoms with Gasteiger partial charge in [0.1, 0.15) is 5.69 Å². The van der Waals surface area contributed by atoms with E-state index in [2.05, 4.69) is 10.2 Å². The Kier molecular flexibility index (Phi) is 4.18. The number of hydrogen-bond donors (Lipinski definition) is 1. The van der Waals surface area contributed by atoms with Crippen LogP contribution in [0.4, 0.5) is 0 Å². The van der Waals surface area contributed by atoms with Crippen LogP contribution in [0.2, 0.25) is 0 Å². The molecule has 7 heteroatoms. The van der Waals surface area contributed by atoms with E-state index in [0.29, 0.717) is 25.2 Å². The molecule has 0 radical (unpaired) electrons. The SMILES string of the molecule is NC(=O)C1CCN(C(=O)C=Cc2cnn(-c3ccccc3)n2)C1. The van der Waals surface area contributed by atoms with Crippen LogP contribution in [0.15, 0.2) is 42.6 Å². The number of rotatable bonds is 4. The summed E-state index contributed by atoms with van der Waals surface area (Å²) in [4.78, 5) is 26.3. The number of hydrogen-bond acceptors (Lipinski definition) is 4. The van der Waals surface area contributed by atoms with Crippen LogP contribution in [0.25, 0.3) is 11.8 Å². The van der Waals surface area contributed by atoms with E-state index in [9.17, 15) is 9.59 Å². The third-order valence-electron chi connectivity index (χ3n) is 3.80. The topological polar surface area (TPSA) is 94.1 Å². The van der Waals surface area contributed by atoms with Gasteiger partial charge in [-0.15, -0.1) is 5.10 Å². The maximum absolute atomic E-state index is 12.1. The highest BCUT2D eigenvalue weighted by molar-refractivity contribution is 5.92. The lowest BCUT2D eigenvalue weighted by Crippen LogP contribution is -2.30. The largest absolute Gasteiger partial charge is 0.369 e. The van der Waals surface area contributed by atoms with E-state index in [1.165, 1.54) is 10.9 Å². The predicted octanol–water partition coefficient (Wildman–Crippen LogP) is 0.614. The third kappa shape index (κ3) is 3.45. The maximum Gasteiger partial charge on any atom is 0.246 e. The standard InChI is InChI=1S/C16H17N5O2/c17-16(23)12-8-9-20(11-12)15(22)7-6-13-10-18-21(19-13)14-4-2-1-3-5-14/h1-7,10,12H,8-9,11H2,(H2,17,23). The molecule has 2 N–H and O–H groups in total. The van der Waals surface area contributed by atoms with Crippen LogP contribution in [-0.2, 0) is 9.59 Å². The van der Waals surface area contributed by atoms with Crippen molar-refractivity contribution in [1.29, 1.82) is 0 Å². The van der Waals surface area contributed by atoms with E-state index in [1.807, 2.05) is 30.3 Å². The Morgan fingerprint density at radius 3 is 2.74 bits per heavy atom. The van der Waals surface area contributed by atoms with Crippen LogP contribution in [0.5, 0.6) is 0 Å². The number of likely N-dealkylation sites (tertiary alicyclic amines) is 1. The molecule has 0 spiro atoms. The fourth-order valence-electron chi connectivity index (χ4n) is 2.49. The third-order valence-corrected chi connectivity index (χ3v) is 3.80. The highest BCUT2D eigenvalue weighted by Crippen LogP contribution is 2.16. The maximum atomic E-state index is 12.1. The first-order chi connectivity index (χ1) is 11.1. The van der Waals surface area contributed by atoms with Gasteiger partial charge in [0.25, 0.3) is 0 Å². The molecule has 0 aliphatic carbocycles. The molecule has 1 atom stereocenters. The lowest BCUT2D eigenvalue weighted by Gasteiger charge is -2.12. The second-order valence-electron chi connectivity index (χ2n) is 5.40. The Labute approximate surface area is 133 Å². The molecule has 1 saturated heterocycles. The van der Waals surface area contributed by atoms with Gasteiger partial charge in [0.05, 0.1) is 17.8 Å². The summed E-state index contributed by atoms with van der Waals surface area (Å²) in [5.41, 5.74) is 6.71. The van der Waals surface area contributed by atoms with Crippen LogP contribution >= 0.6 is 0 Å². The van der Waals surface area contributed by atoms with Crippen molar-refractivity contribution in [2.75, 3.05) is 13.1 Å². The Hall–Kier alpha value is -2.96. The number of amides is 2. The first-order valence-electron chi connectivity index (χ1n) is 7.37. The molecule has 1 aliphatic heterocycles. The van der Waals surface area contributed by atoms with Crippen molar-refractivity contribution in [2.24, 2.45) is 11.7 Å². The van der Waals surface area contributed by atoms with Gasteiger partial charge in [-0.2, -0.15) is 9.90 Å². The molecule has 0 saturated carbocycles. The molecule has 3 rings (SSSR count). The lowest BCUT2D eigenvalue weighted by atomic mass is 10.1. The molecule has 0 bridgehead atoms. The van der Waals surface area contributed by atoms with Crippen molar-refractivity contribution in [1.82, 2.24) is 19.9 Å². The van der Waals surface area contributed by atoms with Gasteiger partial charge in [-0.3, -0.25) is 9.59 Å². The highest BCUT2D eigenvalue weighted by Gasteiger charge is 2.28. The van der Waals surface area contributed by atoms with Crippen molar-refractivity contribution in [3.05, 3.63) is 48.3 Å². The van der Waals surface area contributed by atoms with Gasteiger partial charge in [0, 0.05) is 19.2 Å². The zero-order chi connectivity index (χ0) is 16.2. The van der Waals surface area contributed by atoms with Crippen molar-refractivity contribution in [3.63, 3.8) is 0 Å². The van der Waals surface area contributed by atoms with Crippen molar-refractivity contribution < 1.29 is 9.59 Å².